The van der Waals surface area contributed by atoms with Gasteiger partial charge in [-0.25, -0.2) is 0 Å². The Kier molecular flexibility index (Phi) is 6.22. The van der Waals surface area contributed by atoms with Gasteiger partial charge in [0.15, 0.2) is 0 Å². The molecule has 0 aliphatic rings. The van der Waals surface area contributed by atoms with E-state index in [4.69, 9.17) is 34.7 Å². The predicted molar refractivity (Wildman–Crippen MR) is 132 cm³/mol. The van der Waals surface area contributed by atoms with Crippen LogP contribution in [0.1, 0.15) is 31.8 Å². The molecule has 2 amide bonds. The van der Waals surface area contributed by atoms with E-state index in [1.54, 1.807) is 0 Å². The highest BCUT2D eigenvalue weighted by Gasteiger charge is 2.16. The molecule has 2 aromatic carbocycles. The average molecular weight is 503 g/mol. The molecule has 162 valence electrons. The van der Waals surface area contributed by atoms with E-state index in [-0.39, 0.29) is 21.2 Å². The summed E-state index contributed by atoms with van der Waals surface area (Å²) in [6.45, 7) is 3.86. The minimum atomic E-state index is -0.623. The zero-order valence-corrected chi connectivity index (χ0v) is 20.0. The van der Waals surface area contributed by atoms with Gasteiger partial charge in [-0.05, 0) is 49.2 Å². The van der Waals surface area contributed by atoms with Gasteiger partial charge in [-0.1, -0.05) is 44.8 Å². The fraction of sp³-hybridized carbons (Fsp3) is 0.0909. The zero-order chi connectivity index (χ0) is 23.2. The van der Waals surface area contributed by atoms with Crippen molar-refractivity contribution in [2.75, 3.05) is 0 Å². The molecule has 0 bridgehead atoms. The lowest BCUT2D eigenvalue weighted by atomic mass is 10.1. The molecule has 0 atom stereocenters. The number of halogens is 2. The van der Waals surface area contributed by atoms with Gasteiger partial charge in [0.2, 0.25) is 0 Å². The molecular weight excluding hydrogens is 487 g/mol. The largest absolute Gasteiger partial charge is 0.366 e. The van der Waals surface area contributed by atoms with Crippen LogP contribution < -0.4 is 11.5 Å². The van der Waals surface area contributed by atoms with Gasteiger partial charge in [0.05, 0.1) is 32.2 Å². The Morgan fingerprint density at radius 1 is 0.750 bits per heavy atom. The van der Waals surface area contributed by atoms with Crippen molar-refractivity contribution < 1.29 is 9.59 Å². The Labute approximate surface area is 201 Å². The molecule has 0 unspecified atom stereocenters. The molecule has 2 aromatic heterocycles. The average Bonchev–Trinajstić information content (AvgIpc) is 2.73. The van der Waals surface area contributed by atoms with Crippen LogP contribution in [-0.2, 0) is 0 Å². The first-order valence-electron chi connectivity index (χ1n) is 9.29. The Morgan fingerprint density at radius 3 is 1.47 bits per heavy atom. The lowest BCUT2D eigenvalue weighted by molar-refractivity contribution is 0.0991. The first kappa shape index (κ1) is 22.7. The smallest absolute Gasteiger partial charge is 0.251 e. The van der Waals surface area contributed by atoms with Gasteiger partial charge in [0.1, 0.15) is 0 Å². The molecule has 0 saturated carbocycles. The number of benzene rings is 2. The van der Waals surface area contributed by atoms with E-state index in [2.05, 4.69) is 9.97 Å². The van der Waals surface area contributed by atoms with Gasteiger partial charge < -0.3 is 11.5 Å². The number of fused-ring (bicyclic) bond motifs is 2. The quantitative estimate of drug-likeness (QED) is 0.338. The number of hydrogen-bond donors (Lipinski definition) is 2. The summed E-state index contributed by atoms with van der Waals surface area (Å²) in [4.78, 5) is 33.8. The molecule has 0 spiro atoms. The molecular formula is C22H16Cl2N4O2S2. The van der Waals surface area contributed by atoms with Gasteiger partial charge in [0.25, 0.3) is 11.8 Å². The third kappa shape index (κ3) is 4.11. The van der Waals surface area contributed by atoms with Crippen molar-refractivity contribution in [1.82, 2.24) is 9.97 Å². The minimum Gasteiger partial charge on any atom is -0.366 e. The standard InChI is InChI=1S/C22H16Cl2N4O2S2/c1-9-3-11(5-13-17(23)15(21(25)29)7-27-19(9)13)31-32-12-4-10(2)20-14(6-12)18(24)16(8-28-20)22(26)30/h3-8H,1-2H3,(H2,25,29)(H2,26,30). The topological polar surface area (TPSA) is 112 Å². The number of carbonyl (C=O) groups is 2. The molecule has 0 fully saturated rings. The van der Waals surface area contributed by atoms with Crippen LogP contribution in [-0.4, -0.2) is 21.8 Å². The Morgan fingerprint density at radius 2 is 1.12 bits per heavy atom. The van der Waals surface area contributed by atoms with E-state index in [9.17, 15) is 9.59 Å². The second-order valence-electron chi connectivity index (χ2n) is 7.14. The third-order valence-corrected chi connectivity index (χ3v) is 8.06. The number of primary amides is 2. The number of pyridine rings is 2. The molecule has 0 saturated heterocycles. The highest BCUT2D eigenvalue weighted by molar-refractivity contribution is 8.76. The van der Waals surface area contributed by atoms with E-state index >= 15 is 0 Å². The van der Waals surface area contributed by atoms with Crippen LogP contribution in [0, 0.1) is 13.8 Å². The highest BCUT2D eigenvalue weighted by Crippen LogP contribution is 2.42. The molecule has 2 heterocycles. The number of hydrogen-bond acceptors (Lipinski definition) is 6. The summed E-state index contributed by atoms with van der Waals surface area (Å²) >= 11 is 12.9. The first-order valence-corrected chi connectivity index (χ1v) is 12.2. The molecule has 4 rings (SSSR count). The van der Waals surface area contributed by atoms with Crippen LogP contribution in [0.15, 0.2) is 46.5 Å². The van der Waals surface area contributed by atoms with Crippen molar-refractivity contribution in [2.45, 2.75) is 23.6 Å². The maximum absolute atomic E-state index is 11.6. The number of nitrogens with two attached hydrogens (primary N) is 2. The number of rotatable bonds is 5. The maximum atomic E-state index is 11.6. The summed E-state index contributed by atoms with van der Waals surface area (Å²) in [6, 6.07) is 7.77. The maximum Gasteiger partial charge on any atom is 0.251 e. The van der Waals surface area contributed by atoms with Crippen molar-refractivity contribution in [2.24, 2.45) is 11.5 Å². The van der Waals surface area contributed by atoms with Gasteiger partial charge in [-0.3, -0.25) is 19.6 Å². The highest BCUT2D eigenvalue weighted by atomic mass is 35.5. The van der Waals surface area contributed by atoms with Crippen LogP contribution in [0.3, 0.4) is 0 Å². The predicted octanol–water partition coefficient (Wildman–Crippen LogP) is 5.70. The number of aryl methyl sites for hydroxylation is 2. The monoisotopic (exact) mass is 502 g/mol. The third-order valence-electron chi connectivity index (χ3n) is 4.90. The molecule has 4 aromatic rings. The van der Waals surface area contributed by atoms with E-state index in [0.29, 0.717) is 21.8 Å². The van der Waals surface area contributed by atoms with Crippen LogP contribution in [0.5, 0.6) is 0 Å². The summed E-state index contributed by atoms with van der Waals surface area (Å²) in [6.07, 6.45) is 2.80. The van der Waals surface area contributed by atoms with Gasteiger partial charge >= 0.3 is 0 Å². The number of aromatic nitrogens is 2. The lowest BCUT2D eigenvalue weighted by Crippen LogP contribution is -2.12. The van der Waals surface area contributed by atoms with Gasteiger partial charge in [-0.15, -0.1) is 0 Å². The van der Waals surface area contributed by atoms with Crippen molar-refractivity contribution in [3.63, 3.8) is 0 Å². The molecule has 10 heteroatoms. The van der Waals surface area contributed by atoms with Crippen molar-refractivity contribution >= 4 is 78.4 Å². The molecule has 0 radical (unpaired) electrons. The SMILES string of the molecule is Cc1cc(SSc2cc(C)c3ncc(C(N)=O)c(Cl)c3c2)cc2c(Cl)c(C(N)=O)cnc12. The molecule has 0 aliphatic carbocycles. The number of carbonyl (C=O) groups excluding carboxylic acids is 2. The molecule has 6 nitrogen and oxygen atoms in total. The fourth-order valence-corrected chi connectivity index (χ4v) is 6.07. The van der Waals surface area contributed by atoms with Crippen LogP contribution in [0.2, 0.25) is 10.0 Å². The normalized spacial score (nSPS) is 11.2. The van der Waals surface area contributed by atoms with Crippen molar-refractivity contribution in [3.8, 4) is 0 Å². The summed E-state index contributed by atoms with van der Waals surface area (Å²) < 4.78 is 0. The van der Waals surface area contributed by atoms with E-state index in [0.717, 1.165) is 20.9 Å². The summed E-state index contributed by atoms with van der Waals surface area (Å²) in [5.74, 6) is -1.25. The van der Waals surface area contributed by atoms with Crippen molar-refractivity contribution in [3.05, 3.63) is 69.0 Å². The lowest BCUT2D eigenvalue weighted by Gasteiger charge is -2.11. The van der Waals surface area contributed by atoms with Crippen LogP contribution >= 0.6 is 44.8 Å². The number of nitrogens with zero attached hydrogens (tertiary/aromatic N) is 2. The minimum absolute atomic E-state index is 0.186. The summed E-state index contributed by atoms with van der Waals surface area (Å²) in [5.41, 5.74) is 14.5. The van der Waals surface area contributed by atoms with Crippen LogP contribution in [0.25, 0.3) is 21.8 Å². The summed E-state index contributed by atoms with van der Waals surface area (Å²) in [5, 5.41) is 1.91. The molecule has 32 heavy (non-hydrogen) atoms. The van der Waals surface area contributed by atoms with Crippen molar-refractivity contribution in [1.29, 1.82) is 0 Å². The van der Waals surface area contributed by atoms with Gasteiger partial charge in [0, 0.05) is 33.0 Å². The van der Waals surface area contributed by atoms with Crippen LogP contribution in [0.4, 0.5) is 0 Å². The van der Waals surface area contributed by atoms with E-state index in [1.165, 1.54) is 34.0 Å². The Balaban J connectivity index is 1.71. The zero-order valence-electron chi connectivity index (χ0n) is 16.9. The number of amides is 2. The van der Waals surface area contributed by atoms with Gasteiger partial charge in [-0.2, -0.15) is 0 Å². The Hall–Kier alpha value is -2.52. The second-order valence-corrected chi connectivity index (χ2v) is 10.2. The van der Waals surface area contributed by atoms with E-state index in [1.807, 2.05) is 38.1 Å². The fourth-order valence-electron chi connectivity index (χ4n) is 3.37. The summed E-state index contributed by atoms with van der Waals surface area (Å²) in [7, 11) is 3.04. The Bertz CT molecular complexity index is 1330. The van der Waals surface area contributed by atoms with E-state index < -0.39 is 11.8 Å². The molecule has 4 N–H and O–H groups in total. The second kappa shape index (κ2) is 8.78. The molecule has 0 aliphatic heterocycles. The first-order chi connectivity index (χ1) is 15.2.